The third-order valence-electron chi connectivity index (χ3n) is 3.31. The smallest absolute Gasteiger partial charge is 0.186 e. The molecule has 0 unspecified atom stereocenters. The van der Waals surface area contributed by atoms with Gasteiger partial charge in [0.1, 0.15) is 0 Å². The highest BCUT2D eigenvalue weighted by molar-refractivity contribution is 7.80. The van der Waals surface area contributed by atoms with Crippen LogP contribution in [0.25, 0.3) is 0 Å². The molecular formula is C16H34N8S2. The highest BCUT2D eigenvalue weighted by atomic mass is 32.1. The van der Waals surface area contributed by atoms with Crippen LogP contribution in [0.3, 0.4) is 0 Å². The fraction of sp³-hybridized carbons (Fsp3) is 0.750. The third-order valence-corrected chi connectivity index (χ3v) is 3.78. The molecule has 8 nitrogen and oxygen atoms in total. The van der Waals surface area contributed by atoms with E-state index < -0.39 is 0 Å². The molecule has 26 heavy (non-hydrogen) atoms. The van der Waals surface area contributed by atoms with Gasteiger partial charge in [0.2, 0.25) is 0 Å². The Morgan fingerprint density at radius 2 is 1.08 bits per heavy atom. The van der Waals surface area contributed by atoms with E-state index in [2.05, 4.69) is 41.5 Å². The van der Waals surface area contributed by atoms with Gasteiger partial charge in [-0.15, -0.1) is 0 Å². The molecular weight excluding hydrogens is 368 g/mol. The van der Waals surface area contributed by atoms with Crippen LogP contribution in [0, 0.1) is 0 Å². The van der Waals surface area contributed by atoms with Gasteiger partial charge in [-0.05, 0) is 92.4 Å². The Kier molecular flexibility index (Phi) is 14.0. The standard InChI is InChI=1S/C16H34N8S2/c1-13(19-21-15(25)17-9-7-11-23(3)4)14(2)20-22-16(26)18-10-8-12-24(5)6/h7-12H2,1-6H3,(H2,17,21,25)(H2,18,22,26)/b19-13-,20-14+. The van der Waals surface area contributed by atoms with Crippen LogP contribution >= 0.6 is 24.4 Å². The molecule has 0 fully saturated rings. The molecule has 4 N–H and O–H groups in total. The topological polar surface area (TPSA) is 79.3 Å². The van der Waals surface area contributed by atoms with Gasteiger partial charge in [-0.1, -0.05) is 0 Å². The highest BCUT2D eigenvalue weighted by Gasteiger charge is 2.00. The summed E-state index contributed by atoms with van der Waals surface area (Å²) in [5, 5.41) is 15.7. The fourth-order valence-electron chi connectivity index (χ4n) is 1.70. The van der Waals surface area contributed by atoms with E-state index in [9.17, 15) is 0 Å². The fourth-order valence-corrected chi connectivity index (χ4v) is 2.00. The monoisotopic (exact) mass is 402 g/mol. The summed E-state index contributed by atoms with van der Waals surface area (Å²) in [4.78, 5) is 4.27. The molecule has 0 aromatic rings. The van der Waals surface area contributed by atoms with Crippen molar-refractivity contribution in [3.63, 3.8) is 0 Å². The zero-order chi connectivity index (χ0) is 19.9. The Morgan fingerprint density at radius 1 is 0.731 bits per heavy atom. The summed E-state index contributed by atoms with van der Waals surface area (Å²) in [6, 6.07) is 0. The lowest BCUT2D eigenvalue weighted by Crippen LogP contribution is -2.35. The number of thiocarbonyl (C=S) groups is 2. The van der Waals surface area contributed by atoms with Crippen molar-refractivity contribution in [1.82, 2.24) is 31.3 Å². The van der Waals surface area contributed by atoms with Crippen molar-refractivity contribution in [2.75, 3.05) is 54.4 Å². The third kappa shape index (κ3) is 14.9. The van der Waals surface area contributed by atoms with Crippen LogP contribution in [0.4, 0.5) is 0 Å². The van der Waals surface area contributed by atoms with Gasteiger partial charge < -0.3 is 20.4 Å². The molecule has 0 aromatic heterocycles. The van der Waals surface area contributed by atoms with E-state index in [1.54, 1.807) is 0 Å². The molecule has 0 rings (SSSR count). The Bertz CT molecular complexity index is 445. The van der Waals surface area contributed by atoms with Crippen molar-refractivity contribution in [2.45, 2.75) is 26.7 Å². The molecule has 0 aromatic carbocycles. The van der Waals surface area contributed by atoms with Gasteiger partial charge in [0.25, 0.3) is 0 Å². The molecule has 0 heterocycles. The first-order valence-corrected chi connectivity index (χ1v) is 9.50. The van der Waals surface area contributed by atoms with Gasteiger partial charge in [-0.2, -0.15) is 10.2 Å². The van der Waals surface area contributed by atoms with E-state index in [0.29, 0.717) is 10.2 Å². The van der Waals surface area contributed by atoms with Crippen LogP contribution in [0.15, 0.2) is 10.2 Å². The molecule has 0 saturated carbocycles. The van der Waals surface area contributed by atoms with Crippen molar-refractivity contribution in [3.05, 3.63) is 0 Å². The predicted octanol–water partition coefficient (Wildman–Crippen LogP) is 0.570. The summed E-state index contributed by atoms with van der Waals surface area (Å²) >= 11 is 10.4. The van der Waals surface area contributed by atoms with Gasteiger partial charge in [0, 0.05) is 13.1 Å². The van der Waals surface area contributed by atoms with E-state index in [4.69, 9.17) is 24.4 Å². The largest absolute Gasteiger partial charge is 0.361 e. The van der Waals surface area contributed by atoms with Crippen molar-refractivity contribution < 1.29 is 0 Å². The molecule has 150 valence electrons. The lowest BCUT2D eigenvalue weighted by Gasteiger charge is -2.11. The molecule has 0 atom stereocenters. The van der Waals surface area contributed by atoms with Crippen molar-refractivity contribution in [1.29, 1.82) is 0 Å². The van der Waals surface area contributed by atoms with Crippen molar-refractivity contribution >= 4 is 46.1 Å². The molecule has 0 saturated heterocycles. The predicted molar refractivity (Wildman–Crippen MR) is 120 cm³/mol. The number of rotatable bonds is 11. The van der Waals surface area contributed by atoms with Crippen LogP contribution in [-0.4, -0.2) is 85.8 Å². The Hall–Kier alpha value is -1.36. The van der Waals surface area contributed by atoms with Crippen LogP contribution in [0.2, 0.25) is 0 Å². The average molecular weight is 403 g/mol. The second kappa shape index (κ2) is 14.8. The van der Waals surface area contributed by atoms with Gasteiger partial charge in [-0.3, -0.25) is 10.9 Å². The second-order valence-corrected chi connectivity index (χ2v) is 7.26. The van der Waals surface area contributed by atoms with E-state index in [-0.39, 0.29) is 0 Å². The minimum Gasteiger partial charge on any atom is -0.361 e. The Morgan fingerprint density at radius 3 is 1.38 bits per heavy atom. The highest BCUT2D eigenvalue weighted by Crippen LogP contribution is 1.85. The molecule has 10 heteroatoms. The molecule has 0 amide bonds. The van der Waals surface area contributed by atoms with E-state index >= 15 is 0 Å². The van der Waals surface area contributed by atoms with E-state index in [1.165, 1.54) is 0 Å². The van der Waals surface area contributed by atoms with Crippen LogP contribution in [0.5, 0.6) is 0 Å². The van der Waals surface area contributed by atoms with E-state index in [1.807, 2.05) is 42.0 Å². The molecule has 0 aliphatic rings. The summed E-state index contributed by atoms with van der Waals surface area (Å²) < 4.78 is 0. The summed E-state index contributed by atoms with van der Waals surface area (Å²) in [6.45, 7) is 7.35. The first kappa shape index (κ1) is 24.6. The maximum atomic E-state index is 5.19. The van der Waals surface area contributed by atoms with Crippen LogP contribution < -0.4 is 21.5 Å². The molecule has 0 aliphatic heterocycles. The number of hydrogen-bond donors (Lipinski definition) is 4. The molecule has 0 radical (unpaired) electrons. The minimum atomic E-state index is 0.502. The zero-order valence-corrected chi connectivity index (χ0v) is 18.5. The summed E-state index contributed by atoms with van der Waals surface area (Å²) in [7, 11) is 8.19. The van der Waals surface area contributed by atoms with Crippen LogP contribution in [0.1, 0.15) is 26.7 Å². The summed E-state index contributed by atoms with van der Waals surface area (Å²) in [6.07, 6.45) is 2.03. The molecule has 0 bridgehead atoms. The lowest BCUT2D eigenvalue weighted by atomic mass is 10.3. The normalized spacial score (nSPS) is 12.3. The van der Waals surface area contributed by atoms with Crippen molar-refractivity contribution in [2.24, 2.45) is 10.2 Å². The number of nitrogens with one attached hydrogen (secondary N) is 4. The SMILES string of the molecule is CC(=N/NC(=S)NCCCN(C)C)/C(C)=N/NC(=S)NCCCN(C)C. The molecule has 0 spiro atoms. The summed E-state index contributed by atoms with van der Waals surface area (Å²) in [5.41, 5.74) is 7.10. The lowest BCUT2D eigenvalue weighted by molar-refractivity contribution is 0.400. The quantitative estimate of drug-likeness (QED) is 0.173. The summed E-state index contributed by atoms with van der Waals surface area (Å²) in [5.74, 6) is 0. The van der Waals surface area contributed by atoms with Gasteiger partial charge in [0.05, 0.1) is 11.4 Å². The minimum absolute atomic E-state index is 0.502. The van der Waals surface area contributed by atoms with Crippen molar-refractivity contribution in [3.8, 4) is 0 Å². The first-order chi connectivity index (χ1) is 12.2. The molecule has 0 aliphatic carbocycles. The second-order valence-electron chi connectivity index (χ2n) is 6.44. The maximum absolute atomic E-state index is 5.19. The Labute approximate surface area is 168 Å². The zero-order valence-electron chi connectivity index (χ0n) is 16.8. The average Bonchev–Trinajstić information content (AvgIpc) is 2.57. The van der Waals surface area contributed by atoms with Gasteiger partial charge in [0.15, 0.2) is 10.2 Å². The number of hydrazone groups is 2. The van der Waals surface area contributed by atoms with Crippen LogP contribution in [-0.2, 0) is 0 Å². The number of nitrogens with zero attached hydrogens (tertiary/aromatic N) is 4. The maximum Gasteiger partial charge on any atom is 0.186 e. The van der Waals surface area contributed by atoms with Gasteiger partial charge in [-0.25, -0.2) is 0 Å². The van der Waals surface area contributed by atoms with Gasteiger partial charge >= 0.3 is 0 Å². The first-order valence-electron chi connectivity index (χ1n) is 8.68. The number of hydrogen-bond acceptors (Lipinski definition) is 6. The van der Waals surface area contributed by atoms with E-state index in [0.717, 1.165) is 50.4 Å². The Balaban J connectivity index is 4.08.